The van der Waals surface area contributed by atoms with Crippen LogP contribution in [0.1, 0.15) is 25.3 Å². The van der Waals surface area contributed by atoms with E-state index in [1.807, 2.05) is 0 Å². The van der Waals surface area contributed by atoms with E-state index in [0.29, 0.717) is 24.6 Å². The number of nitrogens with zero attached hydrogens (tertiary/aromatic N) is 1. The predicted octanol–water partition coefficient (Wildman–Crippen LogP) is 2.14. The van der Waals surface area contributed by atoms with E-state index in [-0.39, 0.29) is 18.3 Å². The third-order valence-corrected chi connectivity index (χ3v) is 3.71. The second-order valence-electron chi connectivity index (χ2n) is 5.64. The molecule has 1 aromatic carbocycles. The SMILES string of the molecule is CCOc1ccc(CNC(=O)N(C)CC(O)C2CC2)cc1F. The van der Waals surface area contributed by atoms with Gasteiger partial charge in [-0.1, -0.05) is 6.07 Å². The van der Waals surface area contributed by atoms with Crippen LogP contribution in [0.5, 0.6) is 5.75 Å². The van der Waals surface area contributed by atoms with Crippen LogP contribution in [-0.4, -0.2) is 42.3 Å². The topological polar surface area (TPSA) is 61.8 Å². The van der Waals surface area contributed by atoms with E-state index in [4.69, 9.17) is 4.74 Å². The third-order valence-electron chi connectivity index (χ3n) is 3.71. The lowest BCUT2D eigenvalue weighted by molar-refractivity contribution is 0.113. The molecule has 0 aliphatic heterocycles. The summed E-state index contributed by atoms with van der Waals surface area (Å²) in [6.07, 6.45) is 1.60. The maximum Gasteiger partial charge on any atom is 0.317 e. The van der Waals surface area contributed by atoms with Gasteiger partial charge >= 0.3 is 6.03 Å². The quantitative estimate of drug-likeness (QED) is 0.811. The Balaban J connectivity index is 1.81. The molecular weight excluding hydrogens is 287 g/mol. The number of amides is 2. The Morgan fingerprint density at radius 1 is 1.55 bits per heavy atom. The monoisotopic (exact) mass is 310 g/mol. The molecule has 2 amide bonds. The zero-order valence-corrected chi connectivity index (χ0v) is 13.0. The molecule has 0 bridgehead atoms. The molecule has 5 nitrogen and oxygen atoms in total. The average molecular weight is 310 g/mol. The first kappa shape index (κ1) is 16.5. The molecule has 1 aliphatic carbocycles. The molecule has 1 fully saturated rings. The van der Waals surface area contributed by atoms with Crippen LogP contribution in [-0.2, 0) is 6.54 Å². The number of benzene rings is 1. The molecule has 1 aromatic rings. The van der Waals surface area contributed by atoms with Gasteiger partial charge in [-0.2, -0.15) is 0 Å². The molecule has 2 N–H and O–H groups in total. The van der Waals surface area contributed by atoms with Crippen molar-refractivity contribution in [3.8, 4) is 5.75 Å². The summed E-state index contributed by atoms with van der Waals surface area (Å²) >= 11 is 0. The number of likely N-dealkylation sites (N-methyl/N-ethyl adjacent to an activating group) is 1. The summed E-state index contributed by atoms with van der Waals surface area (Å²) in [5.74, 6) is 0.101. The van der Waals surface area contributed by atoms with E-state index in [1.165, 1.54) is 11.0 Å². The van der Waals surface area contributed by atoms with Crippen LogP contribution in [0.4, 0.5) is 9.18 Å². The number of ether oxygens (including phenoxy) is 1. The molecule has 22 heavy (non-hydrogen) atoms. The zero-order chi connectivity index (χ0) is 16.1. The smallest absolute Gasteiger partial charge is 0.317 e. The summed E-state index contributed by atoms with van der Waals surface area (Å²) in [6.45, 7) is 2.74. The number of aliphatic hydroxyl groups is 1. The molecule has 0 spiro atoms. The number of hydrogen-bond acceptors (Lipinski definition) is 3. The van der Waals surface area contributed by atoms with Crippen molar-refractivity contribution in [2.75, 3.05) is 20.2 Å². The second-order valence-corrected chi connectivity index (χ2v) is 5.64. The van der Waals surface area contributed by atoms with E-state index >= 15 is 0 Å². The molecule has 1 unspecified atom stereocenters. The fourth-order valence-corrected chi connectivity index (χ4v) is 2.23. The number of urea groups is 1. The van der Waals surface area contributed by atoms with Crippen LogP contribution < -0.4 is 10.1 Å². The molecule has 1 aliphatic rings. The Hall–Kier alpha value is -1.82. The van der Waals surface area contributed by atoms with E-state index in [0.717, 1.165) is 12.8 Å². The Bertz CT molecular complexity index is 520. The molecule has 0 saturated heterocycles. The number of nitrogens with one attached hydrogen (secondary N) is 1. The van der Waals surface area contributed by atoms with Gasteiger partial charge in [-0.15, -0.1) is 0 Å². The summed E-state index contributed by atoms with van der Waals surface area (Å²) in [5.41, 5.74) is 0.658. The van der Waals surface area contributed by atoms with Crippen molar-refractivity contribution in [1.82, 2.24) is 10.2 Å². The van der Waals surface area contributed by atoms with Crippen LogP contribution in [0.2, 0.25) is 0 Å². The first-order chi connectivity index (χ1) is 10.5. The van der Waals surface area contributed by atoms with Crippen LogP contribution in [0.25, 0.3) is 0 Å². The first-order valence-electron chi connectivity index (χ1n) is 7.59. The molecule has 122 valence electrons. The number of carbonyl (C=O) groups is 1. The average Bonchev–Trinajstić information content (AvgIpc) is 3.32. The van der Waals surface area contributed by atoms with Crippen molar-refractivity contribution in [2.24, 2.45) is 5.92 Å². The predicted molar refractivity (Wildman–Crippen MR) is 81.2 cm³/mol. The number of rotatable bonds is 7. The molecular formula is C16H23FN2O3. The molecule has 1 atom stereocenters. The van der Waals surface area contributed by atoms with Gasteiger partial charge in [-0.25, -0.2) is 9.18 Å². The third kappa shape index (κ3) is 4.59. The van der Waals surface area contributed by atoms with Crippen LogP contribution in [0.15, 0.2) is 18.2 Å². The van der Waals surface area contributed by atoms with E-state index < -0.39 is 11.9 Å². The highest BCUT2D eigenvalue weighted by Crippen LogP contribution is 2.32. The lowest BCUT2D eigenvalue weighted by Crippen LogP contribution is -2.41. The summed E-state index contributed by atoms with van der Waals surface area (Å²) in [7, 11) is 1.64. The van der Waals surface area contributed by atoms with E-state index in [1.54, 1.807) is 26.1 Å². The highest BCUT2D eigenvalue weighted by Gasteiger charge is 2.31. The van der Waals surface area contributed by atoms with Gasteiger partial charge in [0.15, 0.2) is 11.6 Å². The number of aliphatic hydroxyl groups excluding tert-OH is 1. The van der Waals surface area contributed by atoms with E-state index in [9.17, 15) is 14.3 Å². The van der Waals surface area contributed by atoms with Gasteiger partial charge in [-0.05, 0) is 43.4 Å². The number of halogens is 1. The Kier molecular flexibility index (Phi) is 5.60. The van der Waals surface area contributed by atoms with Crippen molar-refractivity contribution >= 4 is 6.03 Å². The maximum absolute atomic E-state index is 13.7. The minimum Gasteiger partial charge on any atom is -0.491 e. The fourth-order valence-electron chi connectivity index (χ4n) is 2.23. The van der Waals surface area contributed by atoms with Gasteiger partial charge < -0.3 is 20.1 Å². The summed E-state index contributed by atoms with van der Waals surface area (Å²) in [6, 6.07) is 4.34. The van der Waals surface area contributed by atoms with E-state index in [2.05, 4.69) is 5.32 Å². The molecule has 6 heteroatoms. The fraction of sp³-hybridized carbons (Fsp3) is 0.562. The minimum atomic E-state index is -0.460. The second kappa shape index (κ2) is 7.45. The first-order valence-corrected chi connectivity index (χ1v) is 7.59. The molecule has 0 radical (unpaired) electrons. The Morgan fingerprint density at radius 3 is 2.86 bits per heavy atom. The number of carbonyl (C=O) groups excluding carboxylic acids is 1. The van der Waals surface area contributed by atoms with Crippen molar-refractivity contribution in [3.05, 3.63) is 29.6 Å². The molecule has 2 rings (SSSR count). The highest BCUT2D eigenvalue weighted by atomic mass is 19.1. The van der Waals surface area contributed by atoms with Gasteiger partial charge in [-0.3, -0.25) is 0 Å². The zero-order valence-electron chi connectivity index (χ0n) is 13.0. The molecule has 0 heterocycles. The minimum absolute atomic E-state index is 0.210. The maximum atomic E-state index is 13.7. The molecule has 0 aromatic heterocycles. The largest absolute Gasteiger partial charge is 0.491 e. The van der Waals surface area contributed by atoms with Gasteiger partial charge in [0.2, 0.25) is 0 Å². The lowest BCUT2D eigenvalue weighted by atomic mass is 10.2. The standard InChI is InChI=1S/C16H23FN2O3/c1-3-22-15-7-4-11(8-13(15)17)9-18-16(21)19(2)10-14(20)12-5-6-12/h4,7-8,12,14,20H,3,5-6,9-10H2,1-2H3,(H,18,21). The van der Waals surface area contributed by atoms with Crippen LogP contribution >= 0.6 is 0 Å². The van der Waals surface area contributed by atoms with Crippen LogP contribution in [0, 0.1) is 11.7 Å². The summed E-state index contributed by atoms with van der Waals surface area (Å²) in [5, 5.41) is 12.5. The van der Waals surface area contributed by atoms with Gasteiger partial charge in [0.25, 0.3) is 0 Å². The van der Waals surface area contributed by atoms with Crippen molar-refractivity contribution in [3.63, 3.8) is 0 Å². The molecule has 1 saturated carbocycles. The highest BCUT2D eigenvalue weighted by molar-refractivity contribution is 5.73. The van der Waals surface area contributed by atoms with Gasteiger partial charge in [0.05, 0.1) is 12.7 Å². The van der Waals surface area contributed by atoms with Crippen molar-refractivity contribution in [2.45, 2.75) is 32.4 Å². The van der Waals surface area contributed by atoms with Gasteiger partial charge in [0, 0.05) is 20.1 Å². The van der Waals surface area contributed by atoms with Crippen molar-refractivity contribution in [1.29, 1.82) is 0 Å². The van der Waals surface area contributed by atoms with Crippen molar-refractivity contribution < 1.29 is 19.0 Å². The van der Waals surface area contributed by atoms with Crippen LogP contribution in [0.3, 0.4) is 0 Å². The summed E-state index contributed by atoms with van der Waals surface area (Å²) < 4.78 is 18.8. The summed E-state index contributed by atoms with van der Waals surface area (Å²) in [4.78, 5) is 13.4. The number of hydrogen-bond donors (Lipinski definition) is 2. The normalized spacial score (nSPS) is 15.3. The lowest BCUT2D eigenvalue weighted by Gasteiger charge is -2.21. The Labute approximate surface area is 130 Å². The van der Waals surface area contributed by atoms with Gasteiger partial charge in [0.1, 0.15) is 0 Å². The Morgan fingerprint density at radius 2 is 2.27 bits per heavy atom.